The molecule has 0 saturated heterocycles. The van der Waals surface area contributed by atoms with Crippen molar-refractivity contribution in [3.05, 3.63) is 24.3 Å². The van der Waals surface area contributed by atoms with Gasteiger partial charge >= 0.3 is 6.03 Å². The number of primary amides is 1. The number of rotatable bonds is 2. The van der Waals surface area contributed by atoms with E-state index in [0.717, 1.165) is 11.0 Å². The van der Waals surface area contributed by atoms with Gasteiger partial charge in [-0.15, -0.1) is 5.10 Å². The van der Waals surface area contributed by atoms with Crippen LogP contribution in [0.5, 0.6) is 0 Å². The van der Waals surface area contributed by atoms with Gasteiger partial charge in [0.15, 0.2) is 0 Å². The molecule has 0 radical (unpaired) electrons. The van der Waals surface area contributed by atoms with Gasteiger partial charge in [0.05, 0.1) is 5.52 Å². The van der Waals surface area contributed by atoms with Crippen LogP contribution in [0.1, 0.15) is 26.9 Å². The summed E-state index contributed by atoms with van der Waals surface area (Å²) in [6, 6.07) is 7.02. The fourth-order valence-electron chi connectivity index (χ4n) is 1.86. The lowest BCUT2D eigenvalue weighted by atomic mass is 9.92. The Hall–Kier alpha value is -2.11. The highest BCUT2D eigenvalue weighted by molar-refractivity contribution is 5.75. The minimum Gasteiger partial charge on any atom is -0.352 e. The van der Waals surface area contributed by atoms with Crippen LogP contribution in [0.4, 0.5) is 4.79 Å². The summed E-state index contributed by atoms with van der Waals surface area (Å²) in [6.07, 6.45) is -0.345. The molecule has 1 heterocycles. The smallest absolute Gasteiger partial charge is 0.313 e. The lowest BCUT2D eigenvalue weighted by molar-refractivity contribution is 0.181. The van der Waals surface area contributed by atoms with E-state index in [-0.39, 0.29) is 11.6 Å². The number of benzene rings is 1. The number of nitrogens with zero attached hydrogens (tertiary/aromatic N) is 3. The average molecular weight is 247 g/mol. The summed E-state index contributed by atoms with van der Waals surface area (Å²) in [5, 5.41) is 10.9. The Morgan fingerprint density at radius 3 is 2.67 bits per heavy atom. The number of nitrogens with one attached hydrogen (secondary N) is 1. The van der Waals surface area contributed by atoms with Crippen LogP contribution in [0.25, 0.3) is 11.0 Å². The SMILES string of the molecule is CC(C)(C)C(NC(N)=O)n1nnc2ccccc21. The van der Waals surface area contributed by atoms with Crippen molar-refractivity contribution in [1.29, 1.82) is 0 Å². The van der Waals surface area contributed by atoms with Gasteiger partial charge in [-0.2, -0.15) is 0 Å². The van der Waals surface area contributed by atoms with E-state index in [1.54, 1.807) is 4.68 Å². The number of amides is 2. The van der Waals surface area contributed by atoms with Crippen LogP contribution in [0, 0.1) is 5.41 Å². The van der Waals surface area contributed by atoms with E-state index in [1.165, 1.54) is 0 Å². The predicted octanol–water partition coefficient (Wildman–Crippen LogP) is 1.64. The second kappa shape index (κ2) is 4.29. The standard InChI is InChI=1S/C12H17N5O/c1-12(2,3)10(14-11(13)18)17-9-7-5-4-6-8(9)15-16-17/h4-7,10H,1-3H3,(H3,13,14,18). The van der Waals surface area contributed by atoms with Gasteiger partial charge in [0, 0.05) is 5.41 Å². The van der Waals surface area contributed by atoms with Crippen molar-refractivity contribution in [2.24, 2.45) is 11.1 Å². The Morgan fingerprint density at radius 1 is 1.39 bits per heavy atom. The second-order valence-corrected chi connectivity index (χ2v) is 5.30. The van der Waals surface area contributed by atoms with Crippen LogP contribution in [0.2, 0.25) is 0 Å². The third-order valence-electron chi connectivity index (χ3n) is 2.72. The Labute approximate surface area is 105 Å². The molecule has 6 nitrogen and oxygen atoms in total. The molecule has 2 amide bonds. The zero-order valence-electron chi connectivity index (χ0n) is 10.7. The van der Waals surface area contributed by atoms with E-state index in [4.69, 9.17) is 5.73 Å². The van der Waals surface area contributed by atoms with Gasteiger partial charge in [-0.25, -0.2) is 9.48 Å². The number of nitrogens with two attached hydrogens (primary N) is 1. The van der Waals surface area contributed by atoms with Crippen LogP contribution in [0.15, 0.2) is 24.3 Å². The van der Waals surface area contributed by atoms with Crippen LogP contribution in [0.3, 0.4) is 0 Å². The third-order valence-corrected chi connectivity index (χ3v) is 2.72. The number of carbonyl (C=O) groups is 1. The maximum atomic E-state index is 11.1. The molecule has 0 fully saturated rings. The molecule has 0 saturated carbocycles. The second-order valence-electron chi connectivity index (χ2n) is 5.30. The highest BCUT2D eigenvalue weighted by Crippen LogP contribution is 2.29. The normalized spacial score (nSPS) is 13.5. The summed E-state index contributed by atoms with van der Waals surface area (Å²) in [6.45, 7) is 6.01. The highest BCUT2D eigenvalue weighted by Gasteiger charge is 2.29. The number of hydrogen-bond donors (Lipinski definition) is 2. The monoisotopic (exact) mass is 247 g/mol. The molecule has 1 aromatic heterocycles. The van der Waals surface area contributed by atoms with E-state index in [0.29, 0.717) is 0 Å². The summed E-state index contributed by atoms with van der Waals surface area (Å²) in [7, 11) is 0. The summed E-state index contributed by atoms with van der Waals surface area (Å²) in [5.74, 6) is 0. The molecule has 0 spiro atoms. The lowest BCUT2D eigenvalue weighted by Crippen LogP contribution is -2.43. The van der Waals surface area contributed by atoms with Crippen molar-refractivity contribution >= 4 is 17.1 Å². The van der Waals surface area contributed by atoms with Crippen LogP contribution in [-0.4, -0.2) is 21.0 Å². The Morgan fingerprint density at radius 2 is 2.06 bits per heavy atom. The lowest BCUT2D eigenvalue weighted by Gasteiger charge is -2.30. The average Bonchev–Trinajstić information content (AvgIpc) is 2.67. The van der Waals surface area contributed by atoms with Crippen LogP contribution >= 0.6 is 0 Å². The van der Waals surface area contributed by atoms with Crippen molar-refractivity contribution in [2.75, 3.05) is 0 Å². The molecule has 0 aliphatic heterocycles. The van der Waals surface area contributed by atoms with Gasteiger partial charge in [0.1, 0.15) is 11.7 Å². The first-order valence-corrected chi connectivity index (χ1v) is 5.75. The summed E-state index contributed by atoms with van der Waals surface area (Å²) in [4.78, 5) is 11.1. The van der Waals surface area contributed by atoms with Crippen LogP contribution in [-0.2, 0) is 0 Å². The van der Waals surface area contributed by atoms with Crippen molar-refractivity contribution in [3.8, 4) is 0 Å². The first-order valence-electron chi connectivity index (χ1n) is 5.75. The molecule has 2 aromatic rings. The Bertz CT molecular complexity index is 569. The minimum absolute atomic E-state index is 0.231. The molecule has 1 unspecified atom stereocenters. The molecule has 96 valence electrons. The van der Waals surface area contributed by atoms with Crippen molar-refractivity contribution in [2.45, 2.75) is 26.9 Å². The first kappa shape index (κ1) is 12.3. The molecule has 0 aliphatic rings. The molecule has 0 aliphatic carbocycles. The van der Waals surface area contributed by atoms with Crippen molar-refractivity contribution in [3.63, 3.8) is 0 Å². The topological polar surface area (TPSA) is 85.8 Å². The summed E-state index contributed by atoms with van der Waals surface area (Å²) < 4.78 is 1.69. The van der Waals surface area contributed by atoms with E-state index < -0.39 is 6.03 Å². The zero-order valence-corrected chi connectivity index (χ0v) is 10.7. The Balaban J connectivity index is 2.51. The van der Waals surface area contributed by atoms with E-state index in [1.807, 2.05) is 45.0 Å². The van der Waals surface area contributed by atoms with Gasteiger partial charge in [0.25, 0.3) is 0 Å². The van der Waals surface area contributed by atoms with Crippen molar-refractivity contribution < 1.29 is 4.79 Å². The van der Waals surface area contributed by atoms with Gasteiger partial charge in [-0.1, -0.05) is 38.1 Å². The molecule has 18 heavy (non-hydrogen) atoms. The minimum atomic E-state index is -0.575. The van der Waals surface area contributed by atoms with Crippen LogP contribution < -0.4 is 11.1 Å². The molecular formula is C12H17N5O. The van der Waals surface area contributed by atoms with Gasteiger partial charge in [-0.3, -0.25) is 0 Å². The molecule has 1 atom stereocenters. The predicted molar refractivity (Wildman–Crippen MR) is 68.7 cm³/mol. The first-order chi connectivity index (χ1) is 8.39. The molecule has 1 aromatic carbocycles. The number of carbonyl (C=O) groups excluding carboxylic acids is 1. The van der Waals surface area contributed by atoms with Gasteiger partial charge < -0.3 is 11.1 Å². The number of urea groups is 1. The number of hydrogen-bond acceptors (Lipinski definition) is 3. The van der Waals surface area contributed by atoms with Crippen molar-refractivity contribution in [1.82, 2.24) is 20.3 Å². The molecule has 3 N–H and O–H groups in total. The molecule has 2 rings (SSSR count). The van der Waals surface area contributed by atoms with Gasteiger partial charge in [-0.05, 0) is 12.1 Å². The third kappa shape index (κ3) is 2.27. The molecule has 6 heteroatoms. The maximum absolute atomic E-state index is 11.1. The zero-order chi connectivity index (χ0) is 13.3. The highest BCUT2D eigenvalue weighted by atomic mass is 16.2. The van der Waals surface area contributed by atoms with E-state index in [2.05, 4.69) is 15.6 Å². The maximum Gasteiger partial charge on any atom is 0.313 e. The molecular weight excluding hydrogens is 230 g/mol. The van der Waals surface area contributed by atoms with Gasteiger partial charge in [0.2, 0.25) is 0 Å². The fourth-order valence-corrected chi connectivity index (χ4v) is 1.86. The number of aromatic nitrogens is 3. The summed E-state index contributed by atoms with van der Waals surface area (Å²) in [5.41, 5.74) is 6.65. The quantitative estimate of drug-likeness (QED) is 0.846. The number of fused-ring (bicyclic) bond motifs is 1. The summed E-state index contributed by atoms with van der Waals surface area (Å²) >= 11 is 0. The Kier molecular flexibility index (Phi) is 2.94. The largest absolute Gasteiger partial charge is 0.352 e. The number of para-hydroxylation sites is 1. The molecule has 0 bridgehead atoms. The van der Waals surface area contributed by atoms with E-state index in [9.17, 15) is 4.79 Å². The fraction of sp³-hybridized carbons (Fsp3) is 0.417. The van der Waals surface area contributed by atoms with E-state index >= 15 is 0 Å².